The van der Waals surface area contributed by atoms with E-state index in [0.29, 0.717) is 0 Å². The van der Waals surface area contributed by atoms with E-state index in [4.69, 9.17) is 5.14 Å². The molecule has 0 bridgehead atoms. The second kappa shape index (κ2) is 7.03. The summed E-state index contributed by atoms with van der Waals surface area (Å²) < 4.78 is 22.4. The second-order valence-corrected chi connectivity index (χ2v) is 7.59. The topological polar surface area (TPSA) is 102 Å². The monoisotopic (exact) mass is 351 g/mol. The summed E-state index contributed by atoms with van der Waals surface area (Å²) in [6.07, 6.45) is 3.07. The first kappa shape index (κ1) is 17.3. The van der Waals surface area contributed by atoms with Crippen LogP contribution in [-0.2, 0) is 14.8 Å². The summed E-state index contributed by atoms with van der Waals surface area (Å²) in [5, 5.41) is 10.7. The van der Waals surface area contributed by atoms with Gasteiger partial charge in [-0.1, -0.05) is 12.1 Å². The van der Waals surface area contributed by atoms with Gasteiger partial charge in [0.1, 0.15) is 0 Å². The average molecular weight is 351 g/mol. The fourth-order valence-corrected chi connectivity index (χ4v) is 3.00. The first-order valence-electron chi connectivity index (χ1n) is 6.79. The number of hydrogen-bond acceptors (Lipinski definition) is 5. The molecule has 1 heterocycles. The lowest BCUT2D eigenvalue weighted by atomic mass is 10.1. The molecule has 0 radical (unpaired) electrons. The van der Waals surface area contributed by atoms with E-state index in [1.54, 1.807) is 18.2 Å². The van der Waals surface area contributed by atoms with Crippen molar-refractivity contribution >= 4 is 33.3 Å². The van der Waals surface area contributed by atoms with Crippen LogP contribution in [0, 0.1) is 6.92 Å². The molecule has 0 saturated heterocycles. The first-order chi connectivity index (χ1) is 10.8. The molecule has 1 aromatic heterocycles. The molecule has 122 valence electrons. The smallest absolute Gasteiger partial charge is 0.244 e. The van der Waals surface area contributed by atoms with Gasteiger partial charge in [0.05, 0.1) is 21.6 Å². The Morgan fingerprint density at radius 3 is 2.52 bits per heavy atom. The van der Waals surface area contributed by atoms with Crippen LogP contribution in [0.2, 0.25) is 0 Å². The van der Waals surface area contributed by atoms with Crippen LogP contribution >= 0.6 is 11.3 Å². The van der Waals surface area contributed by atoms with Gasteiger partial charge < -0.3 is 5.32 Å². The molecular weight excluding hydrogens is 334 g/mol. The lowest BCUT2D eigenvalue weighted by Gasteiger charge is -2.13. The molecule has 23 heavy (non-hydrogen) atoms. The number of sulfonamides is 1. The third-order valence-electron chi connectivity index (χ3n) is 3.11. The Morgan fingerprint density at radius 2 is 2.00 bits per heavy atom. The van der Waals surface area contributed by atoms with Crippen LogP contribution in [0.1, 0.15) is 29.2 Å². The summed E-state index contributed by atoms with van der Waals surface area (Å²) in [5.41, 5.74) is 1.52. The predicted molar refractivity (Wildman–Crippen MR) is 90.3 cm³/mol. The Balaban J connectivity index is 1.99. The van der Waals surface area contributed by atoms with Crippen molar-refractivity contribution in [3.63, 3.8) is 0 Å². The van der Waals surface area contributed by atoms with Crippen LogP contribution in [-0.4, -0.2) is 19.3 Å². The molecule has 3 N–H and O–H groups in total. The normalized spacial score (nSPS) is 13.2. The zero-order valence-electron chi connectivity index (χ0n) is 12.7. The standard InChI is InChI=1S/C15H17N3O3S2/c1-10(12-3-6-14(7-4-12)23(16,20)21)17-15(19)8-5-13-9-22-11(2)18-13/h3-10H,1-2H3,(H,17,19)(H2,16,20,21)/b8-5+. The lowest BCUT2D eigenvalue weighted by molar-refractivity contribution is -0.117. The number of thiazole rings is 1. The molecule has 2 rings (SSSR count). The number of benzene rings is 1. The highest BCUT2D eigenvalue weighted by Gasteiger charge is 2.11. The van der Waals surface area contributed by atoms with E-state index < -0.39 is 10.0 Å². The number of primary sulfonamides is 1. The number of hydrogen-bond donors (Lipinski definition) is 2. The molecular formula is C15H17N3O3S2. The van der Waals surface area contributed by atoms with Crippen molar-refractivity contribution < 1.29 is 13.2 Å². The number of nitrogens with two attached hydrogens (primary N) is 1. The highest BCUT2D eigenvalue weighted by atomic mass is 32.2. The summed E-state index contributed by atoms with van der Waals surface area (Å²) in [6.45, 7) is 3.71. The number of carbonyl (C=O) groups excluding carboxylic acids is 1. The quantitative estimate of drug-likeness (QED) is 0.804. The third-order valence-corrected chi connectivity index (χ3v) is 4.83. The van der Waals surface area contributed by atoms with Gasteiger partial charge in [-0.3, -0.25) is 4.79 Å². The lowest BCUT2D eigenvalue weighted by Crippen LogP contribution is -2.24. The van der Waals surface area contributed by atoms with Crippen molar-refractivity contribution in [2.24, 2.45) is 5.14 Å². The molecule has 2 aromatic rings. The van der Waals surface area contributed by atoms with Crippen molar-refractivity contribution in [3.05, 3.63) is 52.0 Å². The van der Waals surface area contributed by atoms with E-state index in [1.165, 1.54) is 29.5 Å². The van der Waals surface area contributed by atoms with Crippen LogP contribution < -0.4 is 10.5 Å². The SMILES string of the molecule is Cc1nc(/C=C/C(=O)NC(C)c2ccc(S(N)(=O)=O)cc2)cs1. The maximum absolute atomic E-state index is 11.9. The molecule has 0 saturated carbocycles. The maximum atomic E-state index is 11.9. The van der Waals surface area contributed by atoms with Gasteiger partial charge in [-0.25, -0.2) is 18.5 Å². The van der Waals surface area contributed by atoms with Gasteiger partial charge in [0, 0.05) is 11.5 Å². The number of nitrogens with zero attached hydrogens (tertiary/aromatic N) is 1. The molecule has 0 spiro atoms. The van der Waals surface area contributed by atoms with Crippen molar-refractivity contribution in [2.75, 3.05) is 0 Å². The first-order valence-corrected chi connectivity index (χ1v) is 9.22. The molecule has 1 atom stereocenters. The fourth-order valence-electron chi connectivity index (χ4n) is 1.91. The van der Waals surface area contributed by atoms with Crippen molar-refractivity contribution in [2.45, 2.75) is 24.8 Å². The summed E-state index contributed by atoms with van der Waals surface area (Å²) in [5.74, 6) is -0.251. The number of aromatic nitrogens is 1. The van der Waals surface area contributed by atoms with E-state index >= 15 is 0 Å². The van der Waals surface area contributed by atoms with E-state index in [9.17, 15) is 13.2 Å². The van der Waals surface area contributed by atoms with Crippen LogP contribution in [0.15, 0.2) is 40.6 Å². The largest absolute Gasteiger partial charge is 0.346 e. The van der Waals surface area contributed by atoms with Crippen LogP contribution in [0.4, 0.5) is 0 Å². The average Bonchev–Trinajstić information content (AvgIpc) is 2.90. The molecule has 1 amide bonds. The van der Waals surface area contributed by atoms with Gasteiger partial charge in [-0.05, 0) is 37.6 Å². The molecule has 0 fully saturated rings. The highest BCUT2D eigenvalue weighted by Crippen LogP contribution is 2.15. The van der Waals surface area contributed by atoms with Gasteiger partial charge >= 0.3 is 0 Å². The Kier molecular flexibility index (Phi) is 5.30. The summed E-state index contributed by atoms with van der Waals surface area (Å²) in [4.78, 5) is 16.2. The van der Waals surface area contributed by atoms with Crippen molar-refractivity contribution in [1.82, 2.24) is 10.3 Å². The van der Waals surface area contributed by atoms with Crippen LogP contribution in [0.25, 0.3) is 6.08 Å². The summed E-state index contributed by atoms with van der Waals surface area (Å²) in [6, 6.07) is 5.82. The van der Waals surface area contributed by atoms with E-state index in [-0.39, 0.29) is 16.8 Å². The molecule has 0 aliphatic carbocycles. The number of aryl methyl sites for hydroxylation is 1. The third kappa shape index (κ3) is 4.98. The summed E-state index contributed by atoms with van der Waals surface area (Å²) >= 11 is 1.52. The second-order valence-electron chi connectivity index (χ2n) is 4.97. The molecule has 8 heteroatoms. The molecule has 6 nitrogen and oxygen atoms in total. The van der Waals surface area contributed by atoms with Gasteiger partial charge in [0.25, 0.3) is 0 Å². The Bertz CT molecular complexity index is 824. The van der Waals surface area contributed by atoms with Gasteiger partial charge in [0.15, 0.2) is 0 Å². The number of nitrogens with one attached hydrogen (secondary N) is 1. The minimum atomic E-state index is -3.71. The van der Waals surface area contributed by atoms with Crippen LogP contribution in [0.3, 0.4) is 0 Å². The van der Waals surface area contributed by atoms with E-state index in [0.717, 1.165) is 16.3 Å². The Morgan fingerprint density at radius 1 is 1.35 bits per heavy atom. The van der Waals surface area contributed by atoms with Crippen molar-refractivity contribution in [1.29, 1.82) is 0 Å². The Hall–Kier alpha value is -2.03. The van der Waals surface area contributed by atoms with E-state index in [1.807, 2.05) is 19.2 Å². The minimum Gasteiger partial charge on any atom is -0.346 e. The fraction of sp³-hybridized carbons (Fsp3) is 0.200. The summed E-state index contributed by atoms with van der Waals surface area (Å²) in [7, 11) is -3.71. The molecule has 0 aliphatic heterocycles. The Labute approximate surface area is 139 Å². The molecule has 0 aliphatic rings. The molecule has 1 unspecified atom stereocenters. The van der Waals surface area contributed by atoms with E-state index in [2.05, 4.69) is 10.3 Å². The number of rotatable bonds is 5. The highest BCUT2D eigenvalue weighted by molar-refractivity contribution is 7.89. The van der Waals surface area contributed by atoms with Crippen LogP contribution in [0.5, 0.6) is 0 Å². The molecule has 1 aromatic carbocycles. The predicted octanol–water partition coefficient (Wildman–Crippen LogP) is 1.99. The van der Waals surface area contributed by atoms with Gasteiger partial charge in [-0.15, -0.1) is 11.3 Å². The van der Waals surface area contributed by atoms with Gasteiger partial charge in [0.2, 0.25) is 15.9 Å². The maximum Gasteiger partial charge on any atom is 0.244 e. The minimum absolute atomic E-state index is 0.0403. The van der Waals surface area contributed by atoms with Gasteiger partial charge in [-0.2, -0.15) is 0 Å². The zero-order chi connectivity index (χ0) is 17.0. The van der Waals surface area contributed by atoms with Crippen molar-refractivity contribution in [3.8, 4) is 0 Å². The number of amides is 1. The zero-order valence-corrected chi connectivity index (χ0v) is 14.3. The number of carbonyl (C=O) groups is 1.